The standard InChI is InChI=1S/C14H21N5O/c1-19-10-3-2-4-11(19)6-9(5-10)17-14(20)12-7-16-8-13(15)18-12/h7-11H,2-6H2,1H3,(H2,15,18)(H,17,20). The fourth-order valence-corrected chi connectivity index (χ4v) is 3.48. The highest BCUT2D eigenvalue weighted by Crippen LogP contribution is 2.32. The fourth-order valence-electron chi connectivity index (χ4n) is 3.48. The molecule has 2 aliphatic rings. The Morgan fingerprint density at radius 3 is 2.70 bits per heavy atom. The number of nitrogens with one attached hydrogen (secondary N) is 1. The van der Waals surface area contributed by atoms with Gasteiger partial charge in [0.25, 0.3) is 5.91 Å². The minimum absolute atomic E-state index is 0.169. The Hall–Kier alpha value is -1.69. The average Bonchev–Trinajstić information content (AvgIpc) is 2.40. The van der Waals surface area contributed by atoms with Crippen LogP contribution in [0.2, 0.25) is 0 Å². The minimum Gasteiger partial charge on any atom is -0.382 e. The van der Waals surface area contributed by atoms with Crippen LogP contribution in [0.3, 0.4) is 0 Å². The van der Waals surface area contributed by atoms with Gasteiger partial charge in [-0.05, 0) is 32.7 Å². The van der Waals surface area contributed by atoms with E-state index in [0.717, 1.165) is 12.8 Å². The molecular weight excluding hydrogens is 254 g/mol. The molecule has 108 valence electrons. The van der Waals surface area contributed by atoms with Crippen molar-refractivity contribution in [2.45, 2.75) is 50.2 Å². The van der Waals surface area contributed by atoms with Gasteiger partial charge in [-0.2, -0.15) is 0 Å². The maximum Gasteiger partial charge on any atom is 0.271 e. The number of piperidine rings is 2. The van der Waals surface area contributed by atoms with E-state index in [-0.39, 0.29) is 17.8 Å². The second-order valence-electron chi connectivity index (χ2n) is 5.87. The van der Waals surface area contributed by atoms with E-state index in [1.807, 2.05) is 0 Å². The van der Waals surface area contributed by atoms with Crippen molar-refractivity contribution in [2.75, 3.05) is 12.8 Å². The number of anilines is 1. The van der Waals surface area contributed by atoms with Crippen LogP contribution in [0.4, 0.5) is 5.82 Å². The monoisotopic (exact) mass is 275 g/mol. The van der Waals surface area contributed by atoms with Crippen molar-refractivity contribution in [3.63, 3.8) is 0 Å². The highest BCUT2D eigenvalue weighted by molar-refractivity contribution is 5.92. The molecule has 0 aromatic carbocycles. The molecule has 1 amide bonds. The summed E-state index contributed by atoms with van der Waals surface area (Å²) in [5.41, 5.74) is 5.86. The maximum absolute atomic E-state index is 12.2. The van der Waals surface area contributed by atoms with E-state index in [9.17, 15) is 4.79 Å². The van der Waals surface area contributed by atoms with Crippen LogP contribution in [0.25, 0.3) is 0 Å². The summed E-state index contributed by atoms with van der Waals surface area (Å²) in [6, 6.07) is 1.43. The third-order valence-corrected chi connectivity index (χ3v) is 4.56. The van der Waals surface area contributed by atoms with Crippen LogP contribution in [-0.2, 0) is 0 Å². The predicted octanol–water partition coefficient (Wildman–Crippen LogP) is 0.804. The zero-order chi connectivity index (χ0) is 14.1. The van der Waals surface area contributed by atoms with E-state index in [0.29, 0.717) is 17.8 Å². The van der Waals surface area contributed by atoms with Crippen molar-refractivity contribution >= 4 is 11.7 Å². The number of rotatable bonds is 2. The molecule has 6 heteroatoms. The molecule has 2 atom stereocenters. The number of carbonyl (C=O) groups is 1. The summed E-state index contributed by atoms with van der Waals surface area (Å²) >= 11 is 0. The van der Waals surface area contributed by atoms with Gasteiger partial charge in [-0.15, -0.1) is 0 Å². The molecule has 0 spiro atoms. The molecule has 0 saturated carbocycles. The summed E-state index contributed by atoms with van der Waals surface area (Å²) in [4.78, 5) is 22.6. The van der Waals surface area contributed by atoms with Crippen LogP contribution in [0.15, 0.2) is 12.4 Å². The van der Waals surface area contributed by atoms with Crippen molar-refractivity contribution in [1.82, 2.24) is 20.2 Å². The quantitative estimate of drug-likeness (QED) is 0.834. The largest absolute Gasteiger partial charge is 0.382 e. The third-order valence-electron chi connectivity index (χ3n) is 4.56. The lowest BCUT2D eigenvalue weighted by Crippen LogP contribution is -2.55. The Morgan fingerprint density at radius 2 is 2.05 bits per heavy atom. The second-order valence-corrected chi connectivity index (χ2v) is 5.87. The lowest BCUT2D eigenvalue weighted by Gasteiger charge is -2.47. The maximum atomic E-state index is 12.2. The number of nitrogen functional groups attached to an aromatic ring is 1. The van der Waals surface area contributed by atoms with E-state index in [1.54, 1.807) is 0 Å². The molecule has 0 aliphatic carbocycles. The number of carbonyl (C=O) groups excluding carboxylic acids is 1. The Morgan fingerprint density at radius 1 is 1.35 bits per heavy atom. The van der Waals surface area contributed by atoms with Crippen LogP contribution >= 0.6 is 0 Å². The first-order chi connectivity index (χ1) is 9.63. The van der Waals surface area contributed by atoms with E-state index in [1.165, 1.54) is 31.7 Å². The number of hydrogen-bond donors (Lipinski definition) is 2. The highest BCUT2D eigenvalue weighted by atomic mass is 16.1. The summed E-state index contributed by atoms with van der Waals surface area (Å²) in [6.07, 6.45) is 8.72. The van der Waals surface area contributed by atoms with Gasteiger partial charge in [0.15, 0.2) is 0 Å². The van der Waals surface area contributed by atoms with Gasteiger partial charge in [-0.25, -0.2) is 4.98 Å². The first-order valence-electron chi connectivity index (χ1n) is 7.24. The molecule has 3 rings (SSSR count). The van der Waals surface area contributed by atoms with Gasteiger partial charge in [0.2, 0.25) is 0 Å². The summed E-state index contributed by atoms with van der Waals surface area (Å²) < 4.78 is 0. The van der Waals surface area contributed by atoms with Crippen molar-refractivity contribution < 1.29 is 4.79 Å². The molecule has 2 unspecified atom stereocenters. The van der Waals surface area contributed by atoms with Gasteiger partial charge < -0.3 is 16.0 Å². The molecular formula is C14H21N5O. The highest BCUT2D eigenvalue weighted by Gasteiger charge is 2.36. The molecule has 2 bridgehead atoms. The summed E-state index contributed by atoms with van der Waals surface area (Å²) in [7, 11) is 2.20. The zero-order valence-electron chi connectivity index (χ0n) is 11.7. The fraction of sp³-hybridized carbons (Fsp3) is 0.643. The molecule has 2 aliphatic heterocycles. The SMILES string of the molecule is CN1C2CCCC1CC(NC(=O)c1cncc(N)n1)C2. The number of amides is 1. The molecule has 1 aromatic heterocycles. The van der Waals surface area contributed by atoms with Crippen molar-refractivity contribution in [3.05, 3.63) is 18.1 Å². The molecule has 2 fully saturated rings. The predicted molar refractivity (Wildman–Crippen MR) is 76.1 cm³/mol. The van der Waals surface area contributed by atoms with Crippen LogP contribution in [0.1, 0.15) is 42.6 Å². The Bertz CT molecular complexity index is 492. The van der Waals surface area contributed by atoms with Gasteiger partial charge in [0.1, 0.15) is 11.5 Å². The molecule has 1 aromatic rings. The number of aromatic nitrogens is 2. The van der Waals surface area contributed by atoms with Crippen LogP contribution < -0.4 is 11.1 Å². The van der Waals surface area contributed by atoms with Crippen molar-refractivity contribution in [3.8, 4) is 0 Å². The minimum atomic E-state index is -0.169. The summed E-state index contributed by atoms with van der Waals surface area (Å²) in [6.45, 7) is 0. The first-order valence-corrected chi connectivity index (χ1v) is 7.24. The normalized spacial score (nSPS) is 29.9. The molecule has 20 heavy (non-hydrogen) atoms. The molecule has 2 saturated heterocycles. The Balaban J connectivity index is 1.65. The van der Waals surface area contributed by atoms with E-state index in [2.05, 4.69) is 27.2 Å². The van der Waals surface area contributed by atoms with E-state index in [4.69, 9.17) is 5.73 Å². The van der Waals surface area contributed by atoms with Crippen LogP contribution in [0.5, 0.6) is 0 Å². The van der Waals surface area contributed by atoms with Gasteiger partial charge in [0.05, 0.1) is 12.4 Å². The Kier molecular flexibility index (Phi) is 3.56. The first kappa shape index (κ1) is 13.3. The van der Waals surface area contributed by atoms with E-state index < -0.39 is 0 Å². The van der Waals surface area contributed by atoms with Gasteiger partial charge in [-0.1, -0.05) is 6.42 Å². The summed E-state index contributed by atoms with van der Waals surface area (Å²) in [5.74, 6) is 0.107. The number of fused-ring (bicyclic) bond motifs is 2. The molecule has 3 heterocycles. The van der Waals surface area contributed by atoms with Gasteiger partial charge in [-0.3, -0.25) is 9.78 Å². The zero-order valence-corrected chi connectivity index (χ0v) is 11.7. The molecule has 0 radical (unpaired) electrons. The van der Waals surface area contributed by atoms with Crippen molar-refractivity contribution in [1.29, 1.82) is 0 Å². The smallest absolute Gasteiger partial charge is 0.271 e. The number of nitrogens with two attached hydrogens (primary N) is 1. The Labute approximate surface area is 118 Å². The topological polar surface area (TPSA) is 84.1 Å². The number of hydrogen-bond acceptors (Lipinski definition) is 5. The van der Waals surface area contributed by atoms with Crippen LogP contribution in [0, 0.1) is 0 Å². The van der Waals surface area contributed by atoms with Crippen molar-refractivity contribution in [2.24, 2.45) is 0 Å². The molecule has 6 nitrogen and oxygen atoms in total. The van der Waals surface area contributed by atoms with Gasteiger partial charge >= 0.3 is 0 Å². The lowest BCUT2D eigenvalue weighted by molar-refractivity contribution is 0.0462. The second kappa shape index (κ2) is 5.36. The van der Waals surface area contributed by atoms with Gasteiger partial charge in [0, 0.05) is 18.1 Å². The summed E-state index contributed by atoms with van der Waals surface area (Å²) in [5, 5.41) is 3.09. The third kappa shape index (κ3) is 2.60. The van der Waals surface area contributed by atoms with E-state index >= 15 is 0 Å². The van der Waals surface area contributed by atoms with Crippen LogP contribution in [-0.4, -0.2) is 45.9 Å². The molecule has 3 N–H and O–H groups in total. The average molecular weight is 275 g/mol. The number of nitrogens with zero attached hydrogens (tertiary/aromatic N) is 3. The lowest BCUT2D eigenvalue weighted by atomic mass is 9.82.